The summed E-state index contributed by atoms with van der Waals surface area (Å²) in [6.45, 7) is 0. The first kappa shape index (κ1) is 13.8. The molecule has 104 valence electrons. The number of carbonyl (C=O) groups is 1. The molecule has 0 spiro atoms. The van der Waals surface area contributed by atoms with Crippen molar-refractivity contribution in [3.63, 3.8) is 0 Å². The van der Waals surface area contributed by atoms with Gasteiger partial charge < -0.3 is 15.5 Å². The second kappa shape index (κ2) is 6.03. The van der Waals surface area contributed by atoms with Gasteiger partial charge in [-0.3, -0.25) is 10.6 Å². The van der Waals surface area contributed by atoms with Crippen LogP contribution in [0.3, 0.4) is 0 Å². The lowest BCUT2D eigenvalue weighted by molar-refractivity contribution is 0.102. The van der Waals surface area contributed by atoms with E-state index in [0.29, 0.717) is 11.4 Å². The van der Waals surface area contributed by atoms with E-state index in [1.165, 1.54) is 18.2 Å². The second-order valence-corrected chi connectivity index (χ2v) is 3.99. The number of anilines is 2. The molecule has 0 heterocycles. The standard InChI is InChI=1S/C14H14FN3O2/c1-20-10-7-5-9(6-8-10)17-14(19)11-3-2-4-12(15)13(11)18-16/h2-8,18H,16H2,1H3,(H,17,19). The summed E-state index contributed by atoms with van der Waals surface area (Å²) in [5.41, 5.74) is 2.85. The summed E-state index contributed by atoms with van der Waals surface area (Å²) < 4.78 is 18.5. The molecule has 0 aliphatic rings. The van der Waals surface area contributed by atoms with Crippen LogP contribution in [0.1, 0.15) is 10.4 Å². The molecule has 0 bridgehead atoms. The van der Waals surface area contributed by atoms with Gasteiger partial charge in [-0.25, -0.2) is 4.39 Å². The normalized spacial score (nSPS) is 9.95. The van der Waals surface area contributed by atoms with Crippen LogP contribution >= 0.6 is 0 Å². The van der Waals surface area contributed by atoms with Crippen LogP contribution in [-0.2, 0) is 0 Å². The van der Waals surface area contributed by atoms with Crippen molar-refractivity contribution in [3.05, 3.63) is 53.8 Å². The number of hydrogen-bond donors (Lipinski definition) is 3. The predicted octanol–water partition coefficient (Wildman–Crippen LogP) is 2.37. The van der Waals surface area contributed by atoms with Crippen molar-refractivity contribution >= 4 is 17.3 Å². The zero-order valence-corrected chi connectivity index (χ0v) is 10.8. The Bertz CT molecular complexity index is 614. The number of halogens is 1. The summed E-state index contributed by atoms with van der Waals surface area (Å²) in [7, 11) is 1.56. The number of nitrogens with two attached hydrogens (primary N) is 1. The molecule has 1 amide bonds. The Hall–Kier alpha value is -2.60. The fourth-order valence-electron chi connectivity index (χ4n) is 1.73. The Labute approximate surface area is 115 Å². The molecule has 4 N–H and O–H groups in total. The molecule has 0 fully saturated rings. The number of para-hydroxylation sites is 1. The van der Waals surface area contributed by atoms with Crippen LogP contribution in [0, 0.1) is 5.82 Å². The summed E-state index contributed by atoms with van der Waals surface area (Å²) in [5.74, 6) is 4.87. The first-order chi connectivity index (χ1) is 9.65. The smallest absolute Gasteiger partial charge is 0.257 e. The molecular formula is C14H14FN3O2. The third-order valence-corrected chi connectivity index (χ3v) is 2.75. The topological polar surface area (TPSA) is 76.4 Å². The lowest BCUT2D eigenvalue weighted by atomic mass is 10.1. The van der Waals surface area contributed by atoms with Gasteiger partial charge in [0.15, 0.2) is 0 Å². The number of benzene rings is 2. The van der Waals surface area contributed by atoms with Gasteiger partial charge >= 0.3 is 0 Å². The van der Waals surface area contributed by atoms with Gasteiger partial charge in [0.2, 0.25) is 0 Å². The summed E-state index contributed by atoms with van der Waals surface area (Å²) in [5, 5.41) is 2.65. The van der Waals surface area contributed by atoms with E-state index in [1.54, 1.807) is 31.4 Å². The van der Waals surface area contributed by atoms with Crippen LogP contribution in [0.4, 0.5) is 15.8 Å². The van der Waals surface area contributed by atoms with Crippen molar-refractivity contribution < 1.29 is 13.9 Å². The minimum absolute atomic E-state index is 0.0430. The number of carbonyl (C=O) groups excluding carboxylic acids is 1. The quantitative estimate of drug-likeness (QED) is 0.591. The van der Waals surface area contributed by atoms with Gasteiger partial charge in [-0.2, -0.15) is 0 Å². The highest BCUT2D eigenvalue weighted by Gasteiger charge is 2.14. The Morgan fingerprint density at radius 3 is 2.50 bits per heavy atom. The van der Waals surface area contributed by atoms with Crippen molar-refractivity contribution in [1.82, 2.24) is 0 Å². The van der Waals surface area contributed by atoms with Gasteiger partial charge in [0.25, 0.3) is 5.91 Å². The number of nitrogens with one attached hydrogen (secondary N) is 2. The van der Waals surface area contributed by atoms with Gasteiger partial charge in [0.05, 0.1) is 18.4 Å². The molecule has 5 nitrogen and oxygen atoms in total. The maximum absolute atomic E-state index is 13.5. The predicted molar refractivity (Wildman–Crippen MR) is 75.2 cm³/mol. The number of hydrogen-bond acceptors (Lipinski definition) is 4. The molecule has 0 saturated heterocycles. The van der Waals surface area contributed by atoms with E-state index < -0.39 is 11.7 Å². The summed E-state index contributed by atoms with van der Waals surface area (Å²) in [4.78, 5) is 12.1. The lowest BCUT2D eigenvalue weighted by Gasteiger charge is -2.10. The monoisotopic (exact) mass is 275 g/mol. The second-order valence-electron chi connectivity index (χ2n) is 3.99. The maximum atomic E-state index is 13.5. The van der Waals surface area contributed by atoms with Crippen molar-refractivity contribution in [2.75, 3.05) is 17.9 Å². The van der Waals surface area contributed by atoms with E-state index in [4.69, 9.17) is 10.6 Å². The fraction of sp³-hybridized carbons (Fsp3) is 0.0714. The molecule has 2 aromatic carbocycles. The molecule has 20 heavy (non-hydrogen) atoms. The Morgan fingerprint density at radius 1 is 1.20 bits per heavy atom. The molecule has 0 radical (unpaired) electrons. The first-order valence-corrected chi connectivity index (χ1v) is 5.86. The van der Waals surface area contributed by atoms with Gasteiger partial charge in [-0.05, 0) is 36.4 Å². The molecule has 0 aliphatic heterocycles. The SMILES string of the molecule is COc1ccc(NC(=O)c2cccc(F)c2NN)cc1. The lowest BCUT2D eigenvalue weighted by Crippen LogP contribution is -2.18. The van der Waals surface area contributed by atoms with E-state index in [9.17, 15) is 9.18 Å². The van der Waals surface area contributed by atoms with Gasteiger partial charge in [0, 0.05) is 5.69 Å². The molecule has 0 aliphatic carbocycles. The van der Waals surface area contributed by atoms with E-state index >= 15 is 0 Å². The van der Waals surface area contributed by atoms with Crippen LogP contribution in [0.15, 0.2) is 42.5 Å². The third kappa shape index (κ3) is 2.86. The third-order valence-electron chi connectivity index (χ3n) is 2.75. The molecular weight excluding hydrogens is 261 g/mol. The van der Waals surface area contributed by atoms with E-state index in [0.717, 1.165) is 0 Å². The molecule has 0 saturated carbocycles. The van der Waals surface area contributed by atoms with Crippen LogP contribution in [-0.4, -0.2) is 13.0 Å². The van der Waals surface area contributed by atoms with Gasteiger partial charge in [-0.15, -0.1) is 0 Å². The highest BCUT2D eigenvalue weighted by Crippen LogP contribution is 2.21. The molecule has 0 aromatic heterocycles. The summed E-state index contributed by atoms with van der Waals surface area (Å²) >= 11 is 0. The molecule has 6 heteroatoms. The van der Waals surface area contributed by atoms with Gasteiger partial charge in [0.1, 0.15) is 11.6 Å². The number of ether oxygens (including phenoxy) is 1. The van der Waals surface area contributed by atoms with Crippen molar-refractivity contribution in [2.45, 2.75) is 0 Å². The molecule has 2 aromatic rings. The van der Waals surface area contributed by atoms with Crippen LogP contribution in [0.25, 0.3) is 0 Å². The number of amides is 1. The van der Waals surface area contributed by atoms with E-state index in [-0.39, 0.29) is 11.3 Å². The van der Waals surface area contributed by atoms with Crippen LogP contribution in [0.2, 0.25) is 0 Å². The van der Waals surface area contributed by atoms with E-state index in [2.05, 4.69) is 10.7 Å². The Kier molecular flexibility index (Phi) is 4.17. The summed E-state index contributed by atoms with van der Waals surface area (Å²) in [6, 6.07) is 10.9. The first-order valence-electron chi connectivity index (χ1n) is 5.86. The van der Waals surface area contributed by atoms with Crippen LogP contribution < -0.4 is 21.3 Å². The average molecular weight is 275 g/mol. The number of hydrazine groups is 1. The summed E-state index contributed by atoms with van der Waals surface area (Å²) in [6.07, 6.45) is 0. The molecule has 0 atom stereocenters. The van der Waals surface area contributed by atoms with Crippen LogP contribution in [0.5, 0.6) is 5.75 Å². The number of rotatable bonds is 4. The minimum atomic E-state index is -0.588. The average Bonchev–Trinajstić information content (AvgIpc) is 2.47. The van der Waals surface area contributed by atoms with E-state index in [1.807, 2.05) is 0 Å². The van der Waals surface area contributed by atoms with Gasteiger partial charge in [-0.1, -0.05) is 6.07 Å². The largest absolute Gasteiger partial charge is 0.497 e. The number of nitrogen functional groups attached to an aromatic ring is 1. The van der Waals surface area contributed by atoms with Crippen molar-refractivity contribution in [2.24, 2.45) is 5.84 Å². The molecule has 2 rings (SSSR count). The highest BCUT2D eigenvalue weighted by molar-refractivity contribution is 6.08. The highest BCUT2D eigenvalue weighted by atomic mass is 19.1. The van der Waals surface area contributed by atoms with Crippen molar-refractivity contribution in [3.8, 4) is 5.75 Å². The fourth-order valence-corrected chi connectivity index (χ4v) is 1.73. The zero-order chi connectivity index (χ0) is 14.5. The van der Waals surface area contributed by atoms with Crippen molar-refractivity contribution in [1.29, 1.82) is 0 Å². The number of methoxy groups -OCH3 is 1. The maximum Gasteiger partial charge on any atom is 0.257 e. The molecule has 0 unspecified atom stereocenters. The Morgan fingerprint density at radius 2 is 1.90 bits per heavy atom. The Balaban J connectivity index is 2.21. The minimum Gasteiger partial charge on any atom is -0.497 e. The zero-order valence-electron chi connectivity index (χ0n) is 10.8.